The number of hydrogen-bond donors (Lipinski definition) is 4. The van der Waals surface area contributed by atoms with Crippen LogP contribution in [-0.4, -0.2) is 39.8 Å². The Morgan fingerprint density at radius 1 is 0.875 bits per heavy atom. The summed E-state index contributed by atoms with van der Waals surface area (Å²) in [5.41, 5.74) is 0. The van der Waals surface area contributed by atoms with Gasteiger partial charge in [-0.25, -0.2) is 0 Å². The maximum absolute atomic E-state index is 9.60. The first-order valence-corrected chi connectivity index (χ1v) is 6.47. The molecular weight excluding hydrogens is 206 g/mol. The Kier molecular flexibility index (Phi) is 6.28. The van der Waals surface area contributed by atoms with E-state index in [-0.39, 0.29) is 6.04 Å². The second-order valence-electron chi connectivity index (χ2n) is 4.76. The quantitative estimate of drug-likeness (QED) is 0.488. The van der Waals surface area contributed by atoms with Crippen molar-refractivity contribution in [1.82, 2.24) is 5.32 Å². The van der Waals surface area contributed by atoms with Gasteiger partial charge in [-0.05, 0) is 6.42 Å². The summed E-state index contributed by atoms with van der Waals surface area (Å²) >= 11 is 0. The van der Waals surface area contributed by atoms with Crippen molar-refractivity contribution in [3.8, 4) is 0 Å². The molecule has 0 bridgehead atoms. The average Bonchev–Trinajstić information content (AvgIpc) is 2.51. The van der Waals surface area contributed by atoms with E-state index < -0.39 is 18.4 Å². The van der Waals surface area contributed by atoms with Crippen LogP contribution in [0.15, 0.2) is 0 Å². The van der Waals surface area contributed by atoms with E-state index in [1.807, 2.05) is 0 Å². The summed E-state index contributed by atoms with van der Waals surface area (Å²) in [6, 6.07) is -0.156. The van der Waals surface area contributed by atoms with E-state index in [9.17, 15) is 15.3 Å². The summed E-state index contributed by atoms with van der Waals surface area (Å²) in [7, 11) is 0. The van der Waals surface area contributed by atoms with Crippen molar-refractivity contribution >= 4 is 0 Å². The Morgan fingerprint density at radius 2 is 1.50 bits per heavy atom. The van der Waals surface area contributed by atoms with E-state index in [1.54, 1.807) is 0 Å². The lowest BCUT2D eigenvalue weighted by Crippen LogP contribution is -2.32. The van der Waals surface area contributed by atoms with Gasteiger partial charge in [0.2, 0.25) is 0 Å². The lowest BCUT2D eigenvalue weighted by Gasteiger charge is -2.14. The van der Waals surface area contributed by atoms with Crippen molar-refractivity contribution in [2.45, 2.75) is 76.3 Å². The van der Waals surface area contributed by atoms with E-state index >= 15 is 0 Å². The van der Waals surface area contributed by atoms with Gasteiger partial charge in [0.25, 0.3) is 0 Å². The highest BCUT2D eigenvalue weighted by molar-refractivity contribution is 4.92. The molecule has 0 aromatic carbocycles. The monoisotopic (exact) mass is 231 g/mol. The highest BCUT2D eigenvalue weighted by Gasteiger charge is 2.39. The molecule has 16 heavy (non-hydrogen) atoms. The van der Waals surface area contributed by atoms with Crippen LogP contribution in [0.1, 0.15) is 51.9 Å². The second kappa shape index (κ2) is 7.22. The van der Waals surface area contributed by atoms with Crippen LogP contribution >= 0.6 is 0 Å². The van der Waals surface area contributed by atoms with Gasteiger partial charge in [-0.1, -0.05) is 45.4 Å². The maximum atomic E-state index is 9.60. The minimum atomic E-state index is -1.04. The van der Waals surface area contributed by atoms with Crippen LogP contribution in [0.25, 0.3) is 0 Å². The molecule has 4 heteroatoms. The fourth-order valence-electron chi connectivity index (χ4n) is 2.24. The van der Waals surface area contributed by atoms with Gasteiger partial charge in [0.05, 0.1) is 6.10 Å². The lowest BCUT2D eigenvalue weighted by molar-refractivity contribution is -0.0241. The molecule has 0 aromatic rings. The van der Waals surface area contributed by atoms with Gasteiger partial charge < -0.3 is 15.3 Å². The summed E-state index contributed by atoms with van der Waals surface area (Å²) in [4.78, 5) is 0. The van der Waals surface area contributed by atoms with E-state index in [0.717, 1.165) is 19.3 Å². The molecule has 1 fully saturated rings. The fourth-order valence-corrected chi connectivity index (χ4v) is 2.24. The van der Waals surface area contributed by atoms with Crippen molar-refractivity contribution in [1.29, 1.82) is 0 Å². The first-order chi connectivity index (χ1) is 7.66. The molecule has 0 spiro atoms. The molecule has 0 aromatic heterocycles. The third-order valence-corrected chi connectivity index (χ3v) is 3.34. The molecular formula is C12H25NO3. The smallest absolute Gasteiger partial charge is 0.134 e. The Labute approximate surface area is 97.7 Å². The molecule has 1 heterocycles. The molecule has 0 amide bonds. The zero-order valence-corrected chi connectivity index (χ0v) is 10.1. The molecule has 4 atom stereocenters. The normalized spacial score (nSPS) is 34.5. The fraction of sp³-hybridized carbons (Fsp3) is 1.00. The number of rotatable bonds is 7. The first-order valence-electron chi connectivity index (χ1n) is 6.47. The molecule has 1 aliphatic heterocycles. The molecule has 4 nitrogen and oxygen atoms in total. The van der Waals surface area contributed by atoms with Gasteiger partial charge >= 0.3 is 0 Å². The summed E-state index contributed by atoms with van der Waals surface area (Å²) < 4.78 is 0. The lowest BCUT2D eigenvalue weighted by atomic mass is 10.0. The first kappa shape index (κ1) is 13.9. The summed E-state index contributed by atoms with van der Waals surface area (Å²) in [5.74, 6) is 0. The van der Waals surface area contributed by atoms with Crippen molar-refractivity contribution in [3.05, 3.63) is 0 Å². The summed E-state index contributed by atoms with van der Waals surface area (Å²) in [5, 5.41) is 31.0. The second-order valence-corrected chi connectivity index (χ2v) is 4.76. The van der Waals surface area contributed by atoms with Gasteiger partial charge in [0.1, 0.15) is 12.3 Å². The molecule has 96 valence electrons. The largest absolute Gasteiger partial charge is 0.389 e. The van der Waals surface area contributed by atoms with E-state index in [4.69, 9.17) is 0 Å². The van der Waals surface area contributed by atoms with Crippen LogP contribution in [0, 0.1) is 0 Å². The minimum absolute atomic E-state index is 0.156. The number of aliphatic hydroxyl groups excluding tert-OH is 3. The highest BCUT2D eigenvalue weighted by atomic mass is 16.4. The predicted molar refractivity (Wildman–Crippen MR) is 62.9 cm³/mol. The SMILES string of the molecule is CCCCCCCC[C@H]1N[C@H](O)[C@@H](O)[C@@H]1O. The topological polar surface area (TPSA) is 72.7 Å². The van der Waals surface area contributed by atoms with Crippen LogP contribution in [0.3, 0.4) is 0 Å². The van der Waals surface area contributed by atoms with Gasteiger partial charge in [0, 0.05) is 6.04 Å². The Bertz CT molecular complexity index is 189. The third kappa shape index (κ3) is 4.01. The summed E-state index contributed by atoms with van der Waals surface area (Å²) in [6.45, 7) is 2.20. The van der Waals surface area contributed by atoms with Crippen LogP contribution in [0.2, 0.25) is 0 Å². The van der Waals surface area contributed by atoms with Gasteiger partial charge in [-0.2, -0.15) is 0 Å². The molecule has 0 radical (unpaired) electrons. The number of aliphatic hydroxyl groups is 3. The molecule has 4 N–H and O–H groups in total. The Morgan fingerprint density at radius 3 is 2.06 bits per heavy atom. The summed E-state index contributed by atoms with van der Waals surface area (Å²) in [6.07, 6.45) is 5.25. The zero-order chi connectivity index (χ0) is 12.0. The van der Waals surface area contributed by atoms with E-state index in [0.29, 0.717) is 0 Å². The molecule has 1 aliphatic rings. The third-order valence-electron chi connectivity index (χ3n) is 3.34. The minimum Gasteiger partial charge on any atom is -0.389 e. The number of hydrogen-bond acceptors (Lipinski definition) is 4. The molecule has 0 aliphatic carbocycles. The zero-order valence-electron chi connectivity index (χ0n) is 10.1. The predicted octanol–water partition coefficient (Wildman–Crippen LogP) is 0.749. The van der Waals surface area contributed by atoms with Gasteiger partial charge in [-0.3, -0.25) is 5.32 Å². The van der Waals surface area contributed by atoms with Crippen LogP contribution in [-0.2, 0) is 0 Å². The number of nitrogens with one attached hydrogen (secondary N) is 1. The van der Waals surface area contributed by atoms with E-state index in [2.05, 4.69) is 12.2 Å². The van der Waals surface area contributed by atoms with E-state index in [1.165, 1.54) is 25.7 Å². The van der Waals surface area contributed by atoms with Crippen LogP contribution < -0.4 is 5.32 Å². The molecule has 0 saturated carbocycles. The average molecular weight is 231 g/mol. The van der Waals surface area contributed by atoms with Crippen LogP contribution in [0.4, 0.5) is 0 Å². The molecule has 0 unspecified atom stereocenters. The number of unbranched alkanes of at least 4 members (excludes halogenated alkanes) is 5. The van der Waals surface area contributed by atoms with Gasteiger partial charge in [-0.15, -0.1) is 0 Å². The highest BCUT2D eigenvalue weighted by Crippen LogP contribution is 2.18. The molecule has 1 rings (SSSR count). The van der Waals surface area contributed by atoms with Crippen LogP contribution in [0.5, 0.6) is 0 Å². The standard InChI is InChI=1S/C12H25NO3/c1-2-3-4-5-6-7-8-9-10(14)11(15)12(16)13-9/h9-16H,2-8H2,1H3/t9-,10-,11+,12-/m1/s1. The van der Waals surface area contributed by atoms with Crippen molar-refractivity contribution in [3.63, 3.8) is 0 Å². The van der Waals surface area contributed by atoms with Crippen molar-refractivity contribution < 1.29 is 15.3 Å². The Hall–Kier alpha value is -0.160. The molecule has 1 saturated heterocycles. The Balaban J connectivity index is 2.05. The van der Waals surface area contributed by atoms with Gasteiger partial charge in [0.15, 0.2) is 0 Å². The van der Waals surface area contributed by atoms with Crippen molar-refractivity contribution in [2.24, 2.45) is 0 Å². The maximum Gasteiger partial charge on any atom is 0.134 e. The van der Waals surface area contributed by atoms with Crippen molar-refractivity contribution in [2.75, 3.05) is 0 Å².